The molecule has 0 fully saturated rings. The first kappa shape index (κ1) is 19.0. The summed E-state index contributed by atoms with van der Waals surface area (Å²) in [6, 6.07) is 14.2. The van der Waals surface area contributed by atoms with Gasteiger partial charge in [0.25, 0.3) is 0 Å². The minimum atomic E-state index is -0.198. The highest BCUT2D eigenvalue weighted by Gasteiger charge is 2.20. The lowest BCUT2D eigenvalue weighted by Gasteiger charge is -2.28. The van der Waals surface area contributed by atoms with Gasteiger partial charge in [-0.25, -0.2) is 0 Å². The topological polar surface area (TPSA) is 46.4 Å². The van der Waals surface area contributed by atoms with Gasteiger partial charge in [-0.1, -0.05) is 48.0 Å². The van der Waals surface area contributed by atoms with E-state index in [0.717, 1.165) is 25.1 Å². The molecule has 0 heterocycles. The molecule has 4 nitrogen and oxygen atoms in total. The normalized spacial score (nSPS) is 12.0. The van der Waals surface area contributed by atoms with Crippen LogP contribution in [0.4, 0.5) is 5.69 Å². The highest BCUT2D eigenvalue weighted by atomic mass is 16.6. The van der Waals surface area contributed by atoms with Crippen molar-refractivity contribution < 1.29 is 4.92 Å². The summed E-state index contributed by atoms with van der Waals surface area (Å²) in [5.74, 6) is -0.0590. The zero-order chi connectivity index (χ0) is 18.4. The number of aryl methyl sites for hydroxylation is 3. The molecule has 0 aliphatic heterocycles. The Balaban J connectivity index is 2.19. The van der Waals surface area contributed by atoms with E-state index in [1.807, 2.05) is 30.3 Å². The summed E-state index contributed by atoms with van der Waals surface area (Å²) in [5, 5.41) is 11.1. The van der Waals surface area contributed by atoms with Gasteiger partial charge < -0.3 is 4.90 Å². The van der Waals surface area contributed by atoms with Crippen molar-refractivity contribution in [1.82, 2.24) is 0 Å². The Hall–Kier alpha value is -2.36. The molecule has 0 saturated heterocycles. The third kappa shape index (κ3) is 5.05. The molecule has 0 amide bonds. The maximum Gasteiger partial charge on any atom is 0.210 e. The van der Waals surface area contributed by atoms with E-state index >= 15 is 0 Å². The molecule has 0 N–H and O–H groups in total. The van der Waals surface area contributed by atoms with Crippen LogP contribution in [0.25, 0.3) is 0 Å². The Kier molecular flexibility index (Phi) is 6.57. The second-order valence-electron chi connectivity index (χ2n) is 6.74. The van der Waals surface area contributed by atoms with E-state index in [-0.39, 0.29) is 17.4 Å². The number of hydrogen-bond acceptors (Lipinski definition) is 3. The third-order valence-corrected chi connectivity index (χ3v) is 4.72. The minimum absolute atomic E-state index is 0.0204. The number of hydrogen-bond donors (Lipinski definition) is 0. The molecule has 1 atom stereocenters. The van der Waals surface area contributed by atoms with Crippen molar-refractivity contribution in [3.05, 3.63) is 74.8 Å². The quantitative estimate of drug-likeness (QED) is 0.508. The van der Waals surface area contributed by atoms with Crippen LogP contribution in [0.3, 0.4) is 0 Å². The average molecular weight is 340 g/mol. The van der Waals surface area contributed by atoms with Crippen LogP contribution in [-0.4, -0.2) is 24.6 Å². The number of nitrogens with zero attached hydrogens (tertiary/aromatic N) is 2. The monoisotopic (exact) mass is 340 g/mol. The molecule has 0 saturated carbocycles. The molecule has 25 heavy (non-hydrogen) atoms. The van der Waals surface area contributed by atoms with Crippen LogP contribution >= 0.6 is 0 Å². The Morgan fingerprint density at radius 3 is 2.20 bits per heavy atom. The van der Waals surface area contributed by atoms with Crippen molar-refractivity contribution in [1.29, 1.82) is 0 Å². The van der Waals surface area contributed by atoms with Gasteiger partial charge in [-0.2, -0.15) is 0 Å². The molecule has 134 valence electrons. The smallest absolute Gasteiger partial charge is 0.210 e. The summed E-state index contributed by atoms with van der Waals surface area (Å²) in [6.07, 6.45) is 0.769. The zero-order valence-electron chi connectivity index (χ0n) is 15.7. The predicted molar refractivity (Wildman–Crippen MR) is 104 cm³/mol. The van der Waals surface area contributed by atoms with Crippen LogP contribution < -0.4 is 4.90 Å². The lowest BCUT2D eigenvalue weighted by molar-refractivity contribution is -0.483. The van der Waals surface area contributed by atoms with E-state index in [2.05, 4.69) is 44.7 Å². The summed E-state index contributed by atoms with van der Waals surface area (Å²) in [6.45, 7) is 10.2. The van der Waals surface area contributed by atoms with E-state index in [9.17, 15) is 10.1 Å². The molecule has 0 aliphatic rings. The maximum atomic E-state index is 11.1. The van der Waals surface area contributed by atoms with Gasteiger partial charge in [0.15, 0.2) is 0 Å². The van der Waals surface area contributed by atoms with Crippen LogP contribution in [0.2, 0.25) is 0 Å². The van der Waals surface area contributed by atoms with Crippen LogP contribution in [0, 0.1) is 30.9 Å². The molecule has 2 rings (SSSR count). The van der Waals surface area contributed by atoms with Crippen molar-refractivity contribution >= 4 is 5.69 Å². The van der Waals surface area contributed by atoms with E-state index in [0.29, 0.717) is 0 Å². The van der Waals surface area contributed by atoms with Crippen molar-refractivity contribution in [3.8, 4) is 0 Å². The first-order valence-electron chi connectivity index (χ1n) is 8.92. The van der Waals surface area contributed by atoms with Crippen molar-refractivity contribution in [2.24, 2.45) is 0 Å². The molecule has 2 aromatic carbocycles. The summed E-state index contributed by atoms with van der Waals surface area (Å²) >= 11 is 0. The summed E-state index contributed by atoms with van der Waals surface area (Å²) in [4.78, 5) is 13.3. The van der Waals surface area contributed by atoms with E-state index in [4.69, 9.17) is 0 Å². The molecular formula is C21H28N2O2. The summed E-state index contributed by atoms with van der Waals surface area (Å²) in [5.41, 5.74) is 6.12. The van der Waals surface area contributed by atoms with Crippen molar-refractivity contribution in [2.75, 3.05) is 24.5 Å². The van der Waals surface area contributed by atoms with E-state index < -0.39 is 0 Å². The van der Waals surface area contributed by atoms with Gasteiger partial charge >= 0.3 is 0 Å². The summed E-state index contributed by atoms with van der Waals surface area (Å²) < 4.78 is 0. The molecule has 0 aromatic heterocycles. The van der Waals surface area contributed by atoms with Crippen LogP contribution in [0.1, 0.15) is 41.5 Å². The second-order valence-corrected chi connectivity index (χ2v) is 6.74. The molecule has 0 spiro atoms. The second kappa shape index (κ2) is 8.65. The Morgan fingerprint density at radius 1 is 1.08 bits per heavy atom. The largest absolute Gasteiger partial charge is 0.371 e. The molecule has 0 aliphatic carbocycles. The molecule has 1 unspecified atom stereocenters. The van der Waals surface area contributed by atoms with E-state index in [1.54, 1.807) is 0 Å². The van der Waals surface area contributed by atoms with Gasteiger partial charge in [0.1, 0.15) is 0 Å². The average Bonchev–Trinajstić information content (AvgIpc) is 2.56. The molecule has 2 aromatic rings. The Labute approximate surface area is 150 Å². The summed E-state index contributed by atoms with van der Waals surface area (Å²) in [7, 11) is 0. The highest BCUT2D eigenvalue weighted by Crippen LogP contribution is 2.28. The minimum Gasteiger partial charge on any atom is -0.371 e. The van der Waals surface area contributed by atoms with Gasteiger partial charge in [-0.3, -0.25) is 10.1 Å². The van der Waals surface area contributed by atoms with E-state index in [1.165, 1.54) is 22.4 Å². The van der Waals surface area contributed by atoms with Gasteiger partial charge in [0, 0.05) is 23.7 Å². The molecule has 0 bridgehead atoms. The fourth-order valence-electron chi connectivity index (χ4n) is 3.68. The van der Waals surface area contributed by atoms with Crippen molar-refractivity contribution in [3.63, 3.8) is 0 Å². The lowest BCUT2D eigenvalue weighted by atomic mass is 9.95. The number of nitro groups is 1. The Bertz CT molecular complexity index is 690. The number of rotatable bonds is 8. The number of benzene rings is 2. The standard InChI is InChI=1S/C21H28N2O2/c1-5-22(21-17(3)13-16(2)14-18(21)4)12-11-20(15-23(24)25)19-9-7-6-8-10-19/h6-10,13-14,20H,5,11-12,15H2,1-4H3. The van der Waals surface area contributed by atoms with Crippen LogP contribution in [0.15, 0.2) is 42.5 Å². The molecule has 0 radical (unpaired) electrons. The van der Waals surface area contributed by atoms with Crippen LogP contribution in [0.5, 0.6) is 0 Å². The van der Waals surface area contributed by atoms with Crippen molar-refractivity contribution in [2.45, 2.75) is 40.0 Å². The van der Waals surface area contributed by atoms with Gasteiger partial charge in [-0.15, -0.1) is 0 Å². The predicted octanol–water partition coefficient (Wildman–Crippen LogP) is 4.89. The van der Waals surface area contributed by atoms with Gasteiger partial charge in [0.2, 0.25) is 6.54 Å². The van der Waals surface area contributed by atoms with Gasteiger partial charge in [0.05, 0.1) is 5.92 Å². The number of anilines is 1. The van der Waals surface area contributed by atoms with Crippen LogP contribution in [-0.2, 0) is 0 Å². The fourth-order valence-corrected chi connectivity index (χ4v) is 3.68. The molecular weight excluding hydrogens is 312 g/mol. The zero-order valence-corrected chi connectivity index (χ0v) is 15.7. The Morgan fingerprint density at radius 2 is 1.68 bits per heavy atom. The fraction of sp³-hybridized carbons (Fsp3) is 0.429. The first-order valence-corrected chi connectivity index (χ1v) is 8.92. The molecule has 4 heteroatoms. The van der Waals surface area contributed by atoms with Gasteiger partial charge in [-0.05, 0) is 50.8 Å². The maximum absolute atomic E-state index is 11.1. The first-order chi connectivity index (χ1) is 11.9. The highest BCUT2D eigenvalue weighted by molar-refractivity contribution is 5.60. The SMILES string of the molecule is CCN(CCC(C[N+](=O)[O-])c1ccccc1)c1c(C)cc(C)cc1C. The third-order valence-electron chi connectivity index (χ3n) is 4.72. The lowest BCUT2D eigenvalue weighted by Crippen LogP contribution is -2.28.